The van der Waals surface area contributed by atoms with E-state index >= 15 is 0 Å². The molecule has 2 saturated heterocycles. The first kappa shape index (κ1) is 14.2. The van der Waals surface area contributed by atoms with Crippen molar-refractivity contribution in [2.45, 2.75) is 69.2 Å². The molecule has 2 heterocycles. The van der Waals surface area contributed by atoms with E-state index in [4.69, 9.17) is 0 Å². The molecule has 1 aliphatic carbocycles. The SMILES string of the molecule is O=C(NC1CCCC(C(F)(F)F)C1)C1CC2CCC1N2. The summed E-state index contributed by atoms with van der Waals surface area (Å²) in [5.74, 6) is -1.34. The van der Waals surface area contributed by atoms with E-state index in [1.165, 1.54) is 0 Å². The zero-order chi connectivity index (χ0) is 14.3. The van der Waals surface area contributed by atoms with Gasteiger partial charge in [-0.25, -0.2) is 0 Å². The Hall–Kier alpha value is -0.780. The van der Waals surface area contributed by atoms with Gasteiger partial charge in [-0.3, -0.25) is 4.79 Å². The van der Waals surface area contributed by atoms with Crippen LogP contribution >= 0.6 is 0 Å². The van der Waals surface area contributed by atoms with Gasteiger partial charge in [-0.1, -0.05) is 6.42 Å². The minimum absolute atomic E-state index is 0.0417. The summed E-state index contributed by atoms with van der Waals surface area (Å²) in [6, 6.07) is 0.369. The van der Waals surface area contributed by atoms with Gasteiger partial charge < -0.3 is 10.6 Å². The summed E-state index contributed by atoms with van der Waals surface area (Å²) in [5, 5.41) is 6.26. The Balaban J connectivity index is 1.54. The van der Waals surface area contributed by atoms with Crippen LogP contribution in [-0.4, -0.2) is 30.2 Å². The van der Waals surface area contributed by atoms with Crippen LogP contribution in [0.4, 0.5) is 13.2 Å². The average Bonchev–Trinajstić information content (AvgIpc) is 3.00. The molecule has 5 atom stereocenters. The minimum Gasteiger partial charge on any atom is -0.353 e. The van der Waals surface area contributed by atoms with Crippen LogP contribution in [0.25, 0.3) is 0 Å². The third-order valence-corrected chi connectivity index (χ3v) is 5.12. The van der Waals surface area contributed by atoms with E-state index in [-0.39, 0.29) is 36.8 Å². The molecule has 20 heavy (non-hydrogen) atoms. The molecule has 0 radical (unpaired) electrons. The van der Waals surface area contributed by atoms with Gasteiger partial charge in [0.05, 0.1) is 11.8 Å². The lowest BCUT2D eigenvalue weighted by molar-refractivity contribution is -0.184. The molecule has 3 rings (SSSR count). The lowest BCUT2D eigenvalue weighted by Gasteiger charge is -2.32. The smallest absolute Gasteiger partial charge is 0.353 e. The third kappa shape index (κ3) is 2.80. The van der Waals surface area contributed by atoms with Crippen molar-refractivity contribution in [1.82, 2.24) is 10.6 Å². The lowest BCUT2D eigenvalue weighted by Crippen LogP contribution is -2.46. The molecule has 114 valence electrons. The topological polar surface area (TPSA) is 41.1 Å². The molecule has 3 aliphatic rings. The van der Waals surface area contributed by atoms with Crippen LogP contribution in [0.2, 0.25) is 0 Å². The summed E-state index contributed by atoms with van der Waals surface area (Å²) in [4.78, 5) is 12.2. The Kier molecular flexibility index (Phi) is 3.69. The molecule has 0 spiro atoms. The molecule has 2 aliphatic heterocycles. The summed E-state index contributed by atoms with van der Waals surface area (Å²) >= 11 is 0. The second-order valence-corrected chi connectivity index (χ2v) is 6.50. The maximum Gasteiger partial charge on any atom is 0.391 e. The second kappa shape index (κ2) is 5.20. The summed E-state index contributed by atoms with van der Waals surface area (Å²) in [5.41, 5.74) is 0. The van der Waals surface area contributed by atoms with E-state index in [9.17, 15) is 18.0 Å². The van der Waals surface area contributed by atoms with Crippen LogP contribution < -0.4 is 10.6 Å². The summed E-state index contributed by atoms with van der Waals surface area (Å²) in [7, 11) is 0. The van der Waals surface area contributed by atoms with E-state index in [1.54, 1.807) is 0 Å². The quantitative estimate of drug-likeness (QED) is 0.820. The number of amides is 1. The molecule has 6 heteroatoms. The first-order chi connectivity index (χ1) is 9.43. The number of halogens is 3. The highest BCUT2D eigenvalue weighted by atomic mass is 19.4. The van der Waals surface area contributed by atoms with Crippen molar-refractivity contribution in [1.29, 1.82) is 0 Å². The predicted molar refractivity (Wildman–Crippen MR) is 68.0 cm³/mol. The molecule has 2 bridgehead atoms. The first-order valence-corrected chi connectivity index (χ1v) is 7.56. The Morgan fingerprint density at radius 1 is 1.10 bits per heavy atom. The van der Waals surface area contributed by atoms with Gasteiger partial charge >= 0.3 is 6.18 Å². The van der Waals surface area contributed by atoms with Gasteiger partial charge in [0.15, 0.2) is 0 Å². The maximum absolute atomic E-state index is 12.8. The van der Waals surface area contributed by atoms with Gasteiger partial charge in [-0.15, -0.1) is 0 Å². The van der Waals surface area contributed by atoms with E-state index in [0.717, 1.165) is 19.3 Å². The van der Waals surface area contributed by atoms with Gasteiger partial charge in [-0.05, 0) is 38.5 Å². The summed E-state index contributed by atoms with van der Waals surface area (Å²) < 4.78 is 38.3. The number of hydrogen-bond acceptors (Lipinski definition) is 2. The number of hydrogen-bond donors (Lipinski definition) is 2. The molecule has 1 amide bonds. The van der Waals surface area contributed by atoms with E-state index < -0.39 is 12.1 Å². The van der Waals surface area contributed by atoms with Crippen LogP contribution in [-0.2, 0) is 4.79 Å². The second-order valence-electron chi connectivity index (χ2n) is 6.50. The fraction of sp³-hybridized carbons (Fsp3) is 0.929. The molecule has 3 nitrogen and oxygen atoms in total. The van der Waals surface area contributed by atoms with Gasteiger partial charge in [-0.2, -0.15) is 13.2 Å². The number of rotatable bonds is 2. The van der Waals surface area contributed by atoms with Crippen LogP contribution in [0, 0.1) is 11.8 Å². The van der Waals surface area contributed by atoms with Gasteiger partial charge in [0.1, 0.15) is 0 Å². The van der Waals surface area contributed by atoms with Crippen molar-refractivity contribution >= 4 is 5.91 Å². The van der Waals surface area contributed by atoms with Gasteiger partial charge in [0.25, 0.3) is 0 Å². The molecule has 1 saturated carbocycles. The highest BCUT2D eigenvalue weighted by molar-refractivity contribution is 5.80. The van der Waals surface area contributed by atoms with Crippen molar-refractivity contribution in [3.63, 3.8) is 0 Å². The molecule has 0 aromatic heterocycles. The standard InChI is InChI=1S/C14H21F3N2O/c15-14(16,17)8-2-1-3-9(6-8)19-13(20)11-7-10-4-5-12(11)18-10/h8-12,18H,1-7H2,(H,19,20). The molecule has 3 fully saturated rings. The number of alkyl halides is 3. The summed E-state index contributed by atoms with van der Waals surface area (Å²) in [6.45, 7) is 0. The summed E-state index contributed by atoms with van der Waals surface area (Å²) in [6.07, 6.45) is 0.307. The normalized spacial score (nSPS) is 40.9. The predicted octanol–water partition coefficient (Wildman–Crippen LogP) is 2.36. The van der Waals surface area contributed by atoms with Crippen LogP contribution in [0.5, 0.6) is 0 Å². The highest BCUT2D eigenvalue weighted by Crippen LogP contribution is 2.38. The Labute approximate surface area is 116 Å². The van der Waals surface area contributed by atoms with Crippen molar-refractivity contribution in [3.05, 3.63) is 0 Å². The van der Waals surface area contributed by atoms with Crippen molar-refractivity contribution in [2.24, 2.45) is 11.8 Å². The fourth-order valence-electron chi connectivity index (χ4n) is 4.04. The van der Waals surface area contributed by atoms with Crippen LogP contribution in [0.15, 0.2) is 0 Å². The number of nitrogens with one attached hydrogen (secondary N) is 2. The molecular weight excluding hydrogens is 269 g/mol. The van der Waals surface area contributed by atoms with Crippen LogP contribution in [0.3, 0.4) is 0 Å². The number of carbonyl (C=O) groups is 1. The van der Waals surface area contributed by atoms with Crippen molar-refractivity contribution in [2.75, 3.05) is 0 Å². The molecule has 0 aromatic carbocycles. The Morgan fingerprint density at radius 2 is 1.90 bits per heavy atom. The molecule has 2 N–H and O–H groups in total. The monoisotopic (exact) mass is 290 g/mol. The Morgan fingerprint density at radius 3 is 2.50 bits per heavy atom. The van der Waals surface area contributed by atoms with Crippen molar-refractivity contribution < 1.29 is 18.0 Å². The zero-order valence-corrected chi connectivity index (χ0v) is 11.4. The highest BCUT2D eigenvalue weighted by Gasteiger charge is 2.45. The number of carbonyl (C=O) groups excluding carboxylic acids is 1. The van der Waals surface area contributed by atoms with E-state index in [2.05, 4.69) is 10.6 Å². The molecule has 0 aromatic rings. The fourth-order valence-corrected chi connectivity index (χ4v) is 4.04. The zero-order valence-electron chi connectivity index (χ0n) is 11.4. The van der Waals surface area contributed by atoms with E-state index in [0.29, 0.717) is 18.9 Å². The van der Waals surface area contributed by atoms with Crippen LogP contribution in [0.1, 0.15) is 44.9 Å². The van der Waals surface area contributed by atoms with E-state index in [1.807, 2.05) is 0 Å². The van der Waals surface area contributed by atoms with Crippen molar-refractivity contribution in [3.8, 4) is 0 Å². The lowest BCUT2D eigenvalue weighted by atomic mass is 9.84. The Bertz CT molecular complexity index is 385. The largest absolute Gasteiger partial charge is 0.391 e. The first-order valence-electron chi connectivity index (χ1n) is 7.56. The van der Waals surface area contributed by atoms with Gasteiger partial charge in [0, 0.05) is 18.1 Å². The average molecular weight is 290 g/mol. The third-order valence-electron chi connectivity index (χ3n) is 5.12. The maximum atomic E-state index is 12.8. The molecule has 5 unspecified atom stereocenters. The minimum atomic E-state index is -4.13. The van der Waals surface area contributed by atoms with Gasteiger partial charge in [0.2, 0.25) is 5.91 Å². The molecular formula is C14H21F3N2O. The number of fused-ring (bicyclic) bond motifs is 2.